The molecule has 0 amide bonds. The fourth-order valence-corrected chi connectivity index (χ4v) is 3.20. The summed E-state index contributed by atoms with van der Waals surface area (Å²) in [5, 5.41) is 16.6. The van der Waals surface area contributed by atoms with Gasteiger partial charge in [0.15, 0.2) is 11.6 Å². The third-order valence-electron chi connectivity index (χ3n) is 4.49. The smallest absolute Gasteiger partial charge is 0.165 e. The van der Waals surface area contributed by atoms with Crippen molar-refractivity contribution in [2.75, 3.05) is 20.3 Å². The first kappa shape index (κ1) is 16.0. The largest absolute Gasteiger partial charge is 0.494 e. The van der Waals surface area contributed by atoms with Gasteiger partial charge >= 0.3 is 0 Å². The molecule has 0 spiro atoms. The molecule has 1 saturated heterocycles. The van der Waals surface area contributed by atoms with E-state index >= 15 is 0 Å². The summed E-state index contributed by atoms with van der Waals surface area (Å²) in [6, 6.07) is 5.08. The van der Waals surface area contributed by atoms with Crippen molar-refractivity contribution < 1.29 is 14.2 Å². The highest BCUT2D eigenvalue weighted by Gasteiger charge is 2.23. The molecule has 1 aromatic carbocycles. The molecular formula is C17H22FN3O2. The highest BCUT2D eigenvalue weighted by molar-refractivity contribution is 5.63. The number of hydrogen-bond acceptors (Lipinski definition) is 4. The molecule has 5 nitrogen and oxygen atoms in total. The van der Waals surface area contributed by atoms with Gasteiger partial charge in [0.1, 0.15) is 0 Å². The van der Waals surface area contributed by atoms with E-state index in [4.69, 9.17) is 4.74 Å². The van der Waals surface area contributed by atoms with Gasteiger partial charge in [0.2, 0.25) is 0 Å². The van der Waals surface area contributed by atoms with Gasteiger partial charge in [0, 0.05) is 23.7 Å². The maximum Gasteiger partial charge on any atom is 0.165 e. The summed E-state index contributed by atoms with van der Waals surface area (Å²) in [5.74, 6) is -0.164. The summed E-state index contributed by atoms with van der Waals surface area (Å²) in [6.45, 7) is 1.84. The van der Waals surface area contributed by atoms with Gasteiger partial charge in [0.25, 0.3) is 0 Å². The standard InChI is InChI=1S/C17H22FN3O2/c1-23-16-6-5-12(8-15(16)18)17-13(9-19-20-17)10-21-7-3-2-4-14(21)11-22/h5-6,8-9,14,22H,2-4,7,10-11H2,1H3,(H,19,20)/t14-/m1/s1. The minimum absolute atomic E-state index is 0.171. The van der Waals surface area contributed by atoms with Crippen LogP contribution in [0.1, 0.15) is 24.8 Å². The Morgan fingerprint density at radius 3 is 3.04 bits per heavy atom. The van der Waals surface area contributed by atoms with Crippen molar-refractivity contribution in [2.45, 2.75) is 31.8 Å². The summed E-state index contributed by atoms with van der Waals surface area (Å²) in [7, 11) is 1.45. The average Bonchev–Trinajstić information content (AvgIpc) is 3.03. The lowest BCUT2D eigenvalue weighted by atomic mass is 10.0. The van der Waals surface area contributed by atoms with Crippen molar-refractivity contribution in [2.24, 2.45) is 0 Å². The van der Waals surface area contributed by atoms with Crippen LogP contribution < -0.4 is 4.74 Å². The highest BCUT2D eigenvalue weighted by atomic mass is 19.1. The molecule has 1 atom stereocenters. The van der Waals surface area contributed by atoms with E-state index in [0.717, 1.165) is 42.6 Å². The number of hydrogen-bond donors (Lipinski definition) is 2. The van der Waals surface area contributed by atoms with Crippen molar-refractivity contribution in [3.05, 3.63) is 35.8 Å². The molecule has 0 aliphatic carbocycles. The Kier molecular flexibility index (Phi) is 4.93. The molecule has 1 aliphatic rings. The Hall–Kier alpha value is -1.92. The molecular weight excluding hydrogens is 297 g/mol. The number of aromatic nitrogens is 2. The lowest BCUT2D eigenvalue weighted by molar-refractivity contribution is 0.0842. The van der Waals surface area contributed by atoms with Gasteiger partial charge in [-0.2, -0.15) is 5.10 Å². The molecule has 1 fully saturated rings. The second-order valence-electron chi connectivity index (χ2n) is 5.92. The maximum absolute atomic E-state index is 13.9. The lowest BCUT2D eigenvalue weighted by Gasteiger charge is -2.34. The van der Waals surface area contributed by atoms with Gasteiger partial charge in [0.05, 0.1) is 25.6 Å². The van der Waals surface area contributed by atoms with Crippen LogP contribution in [0.2, 0.25) is 0 Å². The number of ether oxygens (including phenoxy) is 1. The van der Waals surface area contributed by atoms with Gasteiger partial charge < -0.3 is 9.84 Å². The first-order valence-electron chi connectivity index (χ1n) is 7.94. The number of nitrogens with one attached hydrogen (secondary N) is 1. The van der Waals surface area contributed by atoms with Crippen LogP contribution in [0.4, 0.5) is 4.39 Å². The monoisotopic (exact) mass is 319 g/mol. The zero-order valence-corrected chi connectivity index (χ0v) is 13.3. The van der Waals surface area contributed by atoms with E-state index in [-0.39, 0.29) is 18.4 Å². The predicted molar refractivity (Wildman–Crippen MR) is 85.7 cm³/mol. The predicted octanol–water partition coefficient (Wildman–Crippen LogP) is 2.57. The Labute approximate surface area is 135 Å². The maximum atomic E-state index is 13.9. The summed E-state index contributed by atoms with van der Waals surface area (Å²) >= 11 is 0. The highest BCUT2D eigenvalue weighted by Crippen LogP contribution is 2.28. The van der Waals surface area contributed by atoms with Crippen molar-refractivity contribution in [1.82, 2.24) is 15.1 Å². The molecule has 2 aromatic rings. The molecule has 6 heteroatoms. The van der Waals surface area contributed by atoms with E-state index in [1.165, 1.54) is 13.2 Å². The number of aliphatic hydroxyl groups excluding tert-OH is 1. The summed E-state index contributed by atoms with van der Waals surface area (Å²) in [4.78, 5) is 2.28. The van der Waals surface area contributed by atoms with Crippen LogP contribution in [0.3, 0.4) is 0 Å². The first-order valence-corrected chi connectivity index (χ1v) is 7.94. The number of aliphatic hydroxyl groups is 1. The van der Waals surface area contributed by atoms with E-state index in [0.29, 0.717) is 6.54 Å². The summed E-state index contributed by atoms with van der Waals surface area (Å²) in [5.41, 5.74) is 2.57. The van der Waals surface area contributed by atoms with Crippen molar-refractivity contribution >= 4 is 0 Å². The molecule has 0 bridgehead atoms. The SMILES string of the molecule is COc1ccc(-c2[nH]ncc2CN2CCCC[C@@H]2CO)cc1F. The molecule has 1 aliphatic heterocycles. The quantitative estimate of drug-likeness (QED) is 0.889. The van der Waals surface area contributed by atoms with E-state index < -0.39 is 5.82 Å². The van der Waals surface area contributed by atoms with Crippen LogP contribution in [-0.2, 0) is 6.54 Å². The number of rotatable bonds is 5. The number of methoxy groups -OCH3 is 1. The fourth-order valence-electron chi connectivity index (χ4n) is 3.20. The van der Waals surface area contributed by atoms with Crippen LogP contribution in [0.25, 0.3) is 11.3 Å². The van der Waals surface area contributed by atoms with Crippen molar-refractivity contribution in [3.8, 4) is 17.0 Å². The Morgan fingerprint density at radius 2 is 2.30 bits per heavy atom. The van der Waals surface area contributed by atoms with Gasteiger partial charge in [-0.15, -0.1) is 0 Å². The van der Waals surface area contributed by atoms with E-state index in [1.54, 1.807) is 12.3 Å². The van der Waals surface area contributed by atoms with E-state index in [1.807, 2.05) is 6.07 Å². The molecule has 124 valence electrons. The molecule has 0 saturated carbocycles. The van der Waals surface area contributed by atoms with Gasteiger partial charge in [-0.1, -0.05) is 6.42 Å². The first-order chi connectivity index (χ1) is 11.2. The van der Waals surface area contributed by atoms with Gasteiger partial charge in [-0.3, -0.25) is 10.00 Å². The molecule has 23 heavy (non-hydrogen) atoms. The number of nitrogens with zero attached hydrogens (tertiary/aromatic N) is 2. The number of benzene rings is 1. The molecule has 1 aromatic heterocycles. The topological polar surface area (TPSA) is 61.4 Å². The minimum Gasteiger partial charge on any atom is -0.494 e. The molecule has 0 radical (unpaired) electrons. The minimum atomic E-state index is -0.392. The third-order valence-corrected chi connectivity index (χ3v) is 4.49. The Morgan fingerprint density at radius 1 is 1.43 bits per heavy atom. The Balaban J connectivity index is 1.83. The molecule has 2 heterocycles. The second-order valence-corrected chi connectivity index (χ2v) is 5.92. The number of halogens is 1. The molecule has 2 N–H and O–H groups in total. The average molecular weight is 319 g/mol. The fraction of sp³-hybridized carbons (Fsp3) is 0.471. The van der Waals surface area contributed by atoms with E-state index in [9.17, 15) is 9.50 Å². The number of aromatic amines is 1. The number of likely N-dealkylation sites (tertiary alicyclic amines) is 1. The number of H-pyrrole nitrogens is 1. The normalized spacial score (nSPS) is 19.0. The summed E-state index contributed by atoms with van der Waals surface area (Å²) < 4.78 is 18.9. The van der Waals surface area contributed by atoms with Crippen molar-refractivity contribution in [3.63, 3.8) is 0 Å². The van der Waals surface area contributed by atoms with E-state index in [2.05, 4.69) is 15.1 Å². The zero-order chi connectivity index (χ0) is 16.2. The molecule has 3 rings (SSSR count). The Bertz CT molecular complexity index is 659. The van der Waals surface area contributed by atoms with Gasteiger partial charge in [-0.25, -0.2) is 4.39 Å². The van der Waals surface area contributed by atoms with Crippen LogP contribution in [0.15, 0.2) is 24.4 Å². The van der Waals surface area contributed by atoms with Crippen molar-refractivity contribution in [1.29, 1.82) is 0 Å². The van der Waals surface area contributed by atoms with Crippen LogP contribution >= 0.6 is 0 Å². The van der Waals surface area contributed by atoms with Gasteiger partial charge in [-0.05, 0) is 37.6 Å². The van der Waals surface area contributed by atoms with Crippen LogP contribution in [-0.4, -0.2) is 46.5 Å². The lowest BCUT2D eigenvalue weighted by Crippen LogP contribution is -2.41. The van der Waals surface area contributed by atoms with Crippen LogP contribution in [0, 0.1) is 5.82 Å². The second kappa shape index (κ2) is 7.10. The molecule has 0 unspecified atom stereocenters. The van der Waals surface area contributed by atoms with Crippen LogP contribution in [0.5, 0.6) is 5.75 Å². The third kappa shape index (κ3) is 3.38. The number of piperidine rings is 1. The zero-order valence-electron chi connectivity index (χ0n) is 13.3. The summed E-state index contributed by atoms with van der Waals surface area (Å²) in [6.07, 6.45) is 5.09.